The van der Waals surface area contributed by atoms with E-state index in [-0.39, 0.29) is 17.8 Å². The standard InChI is InChI=1S/C14H14O3/c1-8-4-9(2)13-11(5-8)7-12(6-10(3)15)17-14(13)16/h4-5,7H,6H2,1-3H3. The molecule has 0 spiro atoms. The van der Waals surface area contributed by atoms with E-state index in [0.717, 1.165) is 16.5 Å². The Bertz CT molecular complexity index is 650. The summed E-state index contributed by atoms with van der Waals surface area (Å²) in [5, 5.41) is 1.44. The first-order valence-electron chi connectivity index (χ1n) is 5.51. The van der Waals surface area contributed by atoms with Crippen molar-refractivity contribution in [2.75, 3.05) is 0 Å². The van der Waals surface area contributed by atoms with Crippen molar-refractivity contribution in [2.24, 2.45) is 0 Å². The van der Waals surface area contributed by atoms with Gasteiger partial charge in [-0.05, 0) is 37.8 Å². The molecule has 0 atom stereocenters. The minimum atomic E-state index is -0.365. The van der Waals surface area contributed by atoms with Crippen molar-refractivity contribution in [3.63, 3.8) is 0 Å². The van der Waals surface area contributed by atoms with Gasteiger partial charge in [-0.15, -0.1) is 0 Å². The second-order valence-electron chi connectivity index (χ2n) is 4.43. The highest BCUT2D eigenvalue weighted by Gasteiger charge is 2.09. The number of ketones is 1. The molecule has 2 rings (SSSR count). The molecule has 0 fully saturated rings. The lowest BCUT2D eigenvalue weighted by Gasteiger charge is -2.04. The first-order valence-corrected chi connectivity index (χ1v) is 5.51. The van der Waals surface area contributed by atoms with E-state index in [1.54, 1.807) is 6.07 Å². The number of hydrogen-bond acceptors (Lipinski definition) is 3. The van der Waals surface area contributed by atoms with Crippen molar-refractivity contribution in [3.05, 3.63) is 45.5 Å². The molecule has 0 saturated carbocycles. The summed E-state index contributed by atoms with van der Waals surface area (Å²) in [5.74, 6) is 0.414. The van der Waals surface area contributed by atoms with Gasteiger partial charge >= 0.3 is 5.63 Å². The number of aryl methyl sites for hydroxylation is 2. The molecular formula is C14H14O3. The van der Waals surface area contributed by atoms with E-state index in [1.165, 1.54) is 6.92 Å². The molecule has 0 unspecified atom stereocenters. The normalized spacial score (nSPS) is 10.8. The maximum Gasteiger partial charge on any atom is 0.344 e. The van der Waals surface area contributed by atoms with Gasteiger partial charge in [-0.2, -0.15) is 0 Å². The van der Waals surface area contributed by atoms with E-state index in [9.17, 15) is 9.59 Å². The summed E-state index contributed by atoms with van der Waals surface area (Å²) >= 11 is 0. The predicted molar refractivity (Wildman–Crippen MR) is 66.3 cm³/mol. The molecule has 1 heterocycles. The first kappa shape index (κ1) is 11.6. The Morgan fingerprint density at radius 1 is 1.24 bits per heavy atom. The Balaban J connectivity index is 2.73. The minimum absolute atomic E-state index is 0.0168. The molecule has 0 saturated heterocycles. The number of fused-ring (bicyclic) bond motifs is 1. The van der Waals surface area contributed by atoms with Crippen LogP contribution < -0.4 is 5.63 Å². The number of hydrogen-bond donors (Lipinski definition) is 0. The van der Waals surface area contributed by atoms with Crippen LogP contribution in [-0.4, -0.2) is 5.78 Å². The number of rotatable bonds is 2. The molecule has 3 nitrogen and oxygen atoms in total. The van der Waals surface area contributed by atoms with Gasteiger partial charge < -0.3 is 4.42 Å². The topological polar surface area (TPSA) is 47.3 Å². The van der Waals surface area contributed by atoms with Gasteiger partial charge in [0.25, 0.3) is 0 Å². The van der Waals surface area contributed by atoms with Crippen LogP contribution in [0.3, 0.4) is 0 Å². The molecule has 0 N–H and O–H groups in total. The van der Waals surface area contributed by atoms with Gasteiger partial charge in [0.1, 0.15) is 11.5 Å². The molecule has 0 aliphatic heterocycles. The van der Waals surface area contributed by atoms with Gasteiger partial charge in [-0.1, -0.05) is 17.7 Å². The van der Waals surface area contributed by atoms with Gasteiger partial charge in [-0.25, -0.2) is 4.79 Å². The fourth-order valence-corrected chi connectivity index (χ4v) is 2.10. The van der Waals surface area contributed by atoms with Crippen LogP contribution in [-0.2, 0) is 11.2 Å². The van der Waals surface area contributed by atoms with E-state index >= 15 is 0 Å². The monoisotopic (exact) mass is 230 g/mol. The fraction of sp³-hybridized carbons (Fsp3) is 0.286. The van der Waals surface area contributed by atoms with E-state index in [4.69, 9.17) is 4.42 Å². The van der Waals surface area contributed by atoms with E-state index in [0.29, 0.717) is 11.1 Å². The highest BCUT2D eigenvalue weighted by molar-refractivity contribution is 5.86. The minimum Gasteiger partial charge on any atom is -0.427 e. The second-order valence-corrected chi connectivity index (χ2v) is 4.43. The number of carbonyl (C=O) groups excluding carboxylic acids is 1. The molecule has 1 aromatic carbocycles. The third kappa shape index (κ3) is 2.28. The van der Waals surface area contributed by atoms with Crippen LogP contribution in [0.5, 0.6) is 0 Å². The smallest absolute Gasteiger partial charge is 0.344 e. The van der Waals surface area contributed by atoms with Gasteiger partial charge in [-0.3, -0.25) is 4.79 Å². The summed E-state index contributed by atoms with van der Waals surface area (Å²) in [4.78, 5) is 22.9. The number of carbonyl (C=O) groups is 1. The van der Waals surface area contributed by atoms with Crippen LogP contribution in [0.1, 0.15) is 23.8 Å². The van der Waals surface area contributed by atoms with Crippen molar-refractivity contribution in [1.82, 2.24) is 0 Å². The van der Waals surface area contributed by atoms with Crippen LogP contribution in [0.15, 0.2) is 27.4 Å². The molecule has 0 bridgehead atoms. The molecule has 3 heteroatoms. The average Bonchev–Trinajstić information content (AvgIpc) is 2.13. The molecule has 0 amide bonds. The molecular weight excluding hydrogens is 216 g/mol. The quantitative estimate of drug-likeness (QED) is 0.796. The Kier molecular flexibility index (Phi) is 2.84. The Hall–Kier alpha value is -1.90. The van der Waals surface area contributed by atoms with Crippen LogP contribution in [0.4, 0.5) is 0 Å². The Labute approximate surface area is 99.1 Å². The van der Waals surface area contributed by atoms with Crippen molar-refractivity contribution in [1.29, 1.82) is 0 Å². The fourth-order valence-electron chi connectivity index (χ4n) is 2.10. The largest absolute Gasteiger partial charge is 0.427 e. The van der Waals surface area contributed by atoms with Crippen molar-refractivity contribution >= 4 is 16.6 Å². The van der Waals surface area contributed by atoms with Crippen LogP contribution in [0.25, 0.3) is 10.8 Å². The number of Topliss-reactive ketones (excluding diaryl/α,β-unsaturated/α-hetero) is 1. The third-order valence-electron chi connectivity index (χ3n) is 2.68. The lowest BCUT2D eigenvalue weighted by molar-refractivity contribution is -0.116. The zero-order valence-corrected chi connectivity index (χ0v) is 10.2. The van der Waals surface area contributed by atoms with Crippen molar-refractivity contribution in [3.8, 4) is 0 Å². The summed E-state index contributed by atoms with van der Waals surface area (Å²) in [5.41, 5.74) is 1.63. The zero-order chi connectivity index (χ0) is 12.6. The van der Waals surface area contributed by atoms with Gasteiger partial charge in [0.2, 0.25) is 0 Å². The van der Waals surface area contributed by atoms with Crippen LogP contribution >= 0.6 is 0 Å². The SMILES string of the molecule is CC(=O)Cc1cc2cc(C)cc(C)c2c(=O)o1. The lowest BCUT2D eigenvalue weighted by Crippen LogP contribution is -2.06. The van der Waals surface area contributed by atoms with Crippen molar-refractivity contribution < 1.29 is 9.21 Å². The summed E-state index contributed by atoms with van der Waals surface area (Å²) in [7, 11) is 0. The molecule has 17 heavy (non-hydrogen) atoms. The summed E-state index contributed by atoms with van der Waals surface area (Å²) in [6.07, 6.45) is 0.165. The summed E-state index contributed by atoms with van der Waals surface area (Å²) in [6, 6.07) is 5.66. The van der Waals surface area contributed by atoms with Gasteiger partial charge in [0.15, 0.2) is 0 Å². The zero-order valence-electron chi connectivity index (χ0n) is 10.2. The predicted octanol–water partition coefficient (Wildman–Crippen LogP) is 2.54. The van der Waals surface area contributed by atoms with Crippen molar-refractivity contribution in [2.45, 2.75) is 27.2 Å². The van der Waals surface area contributed by atoms with Gasteiger partial charge in [0.05, 0.1) is 11.8 Å². The van der Waals surface area contributed by atoms with Crippen LogP contribution in [0, 0.1) is 13.8 Å². The van der Waals surface area contributed by atoms with Gasteiger partial charge in [0, 0.05) is 0 Å². The van der Waals surface area contributed by atoms with Crippen LogP contribution in [0.2, 0.25) is 0 Å². The van der Waals surface area contributed by atoms with E-state index in [1.807, 2.05) is 26.0 Å². The Morgan fingerprint density at radius 3 is 2.59 bits per heavy atom. The number of benzene rings is 1. The highest BCUT2D eigenvalue weighted by Crippen LogP contribution is 2.18. The molecule has 0 radical (unpaired) electrons. The molecule has 0 aliphatic rings. The highest BCUT2D eigenvalue weighted by atomic mass is 16.4. The summed E-state index contributed by atoms with van der Waals surface area (Å²) < 4.78 is 5.15. The second kappa shape index (κ2) is 4.17. The maximum absolute atomic E-state index is 11.8. The molecule has 0 aliphatic carbocycles. The lowest BCUT2D eigenvalue weighted by atomic mass is 10.0. The first-order chi connectivity index (χ1) is 7.97. The molecule has 88 valence electrons. The molecule has 1 aromatic heterocycles. The average molecular weight is 230 g/mol. The summed E-state index contributed by atoms with van der Waals surface area (Å²) in [6.45, 7) is 5.34. The van der Waals surface area contributed by atoms with E-state index in [2.05, 4.69) is 0 Å². The maximum atomic E-state index is 11.8. The van der Waals surface area contributed by atoms with E-state index < -0.39 is 0 Å². The third-order valence-corrected chi connectivity index (χ3v) is 2.68. The molecule has 2 aromatic rings. The Morgan fingerprint density at radius 2 is 1.94 bits per heavy atom.